The Morgan fingerprint density at radius 3 is 2.76 bits per heavy atom. The van der Waals surface area contributed by atoms with E-state index in [1.807, 2.05) is 18.4 Å². The molecule has 0 aromatic carbocycles. The third-order valence-corrected chi connectivity index (χ3v) is 4.44. The van der Waals surface area contributed by atoms with Gasteiger partial charge in [-0.2, -0.15) is 0 Å². The smallest absolute Gasteiger partial charge is 0.191 e. The number of nitrogens with zero attached hydrogens (tertiary/aromatic N) is 2. The van der Waals surface area contributed by atoms with Crippen LogP contribution in [0.5, 0.6) is 0 Å². The summed E-state index contributed by atoms with van der Waals surface area (Å²) in [5, 5.41) is 8.92. The molecule has 1 aliphatic rings. The van der Waals surface area contributed by atoms with Crippen molar-refractivity contribution in [2.24, 2.45) is 4.99 Å². The molecule has 0 aliphatic carbocycles. The van der Waals surface area contributed by atoms with Gasteiger partial charge >= 0.3 is 0 Å². The zero-order valence-electron chi connectivity index (χ0n) is 13.1. The lowest BCUT2D eigenvalue weighted by Crippen LogP contribution is -2.47. The van der Waals surface area contributed by atoms with E-state index in [9.17, 15) is 0 Å². The molecule has 1 atom stereocenters. The number of guanidine groups is 1. The molecular formula is C15H26N4OS. The van der Waals surface area contributed by atoms with Crippen molar-refractivity contribution in [3.63, 3.8) is 0 Å². The Balaban J connectivity index is 1.99. The number of nitrogens with one attached hydrogen (secondary N) is 2. The minimum atomic E-state index is 0.375. The van der Waals surface area contributed by atoms with Crippen LogP contribution in [0.3, 0.4) is 0 Å². The van der Waals surface area contributed by atoms with Gasteiger partial charge in [0.15, 0.2) is 5.96 Å². The van der Waals surface area contributed by atoms with Crippen LogP contribution in [-0.4, -0.2) is 56.8 Å². The van der Waals surface area contributed by atoms with E-state index >= 15 is 0 Å². The first-order chi connectivity index (χ1) is 10.2. The molecule has 2 rings (SSSR count). The molecule has 118 valence electrons. The zero-order chi connectivity index (χ0) is 15.1. The lowest BCUT2D eigenvalue weighted by atomic mass is 10.2. The predicted octanol–water partition coefficient (Wildman–Crippen LogP) is 1.69. The van der Waals surface area contributed by atoms with Gasteiger partial charge in [-0.25, -0.2) is 0 Å². The Morgan fingerprint density at radius 1 is 1.43 bits per heavy atom. The van der Waals surface area contributed by atoms with Gasteiger partial charge in [-0.3, -0.25) is 9.89 Å². The monoisotopic (exact) mass is 310 g/mol. The molecule has 1 unspecified atom stereocenters. The zero-order valence-corrected chi connectivity index (χ0v) is 13.9. The highest BCUT2D eigenvalue weighted by Crippen LogP contribution is 2.25. The van der Waals surface area contributed by atoms with Crippen molar-refractivity contribution in [3.8, 4) is 0 Å². The van der Waals surface area contributed by atoms with Gasteiger partial charge in [0.2, 0.25) is 0 Å². The van der Waals surface area contributed by atoms with Crippen molar-refractivity contribution >= 4 is 17.3 Å². The summed E-state index contributed by atoms with van der Waals surface area (Å²) in [4.78, 5) is 8.17. The van der Waals surface area contributed by atoms with Gasteiger partial charge in [-0.05, 0) is 25.3 Å². The van der Waals surface area contributed by atoms with E-state index in [2.05, 4.69) is 51.9 Å². The SMILES string of the molecule is CN=C(NCC(c1cccs1)N1CCOCC1)NC(C)C. The summed E-state index contributed by atoms with van der Waals surface area (Å²) in [6.07, 6.45) is 0. The second kappa shape index (κ2) is 8.36. The van der Waals surface area contributed by atoms with Crippen LogP contribution >= 0.6 is 11.3 Å². The van der Waals surface area contributed by atoms with Gasteiger partial charge in [-0.1, -0.05) is 6.07 Å². The molecule has 0 amide bonds. The number of hydrogen-bond acceptors (Lipinski definition) is 4. The van der Waals surface area contributed by atoms with Gasteiger partial charge in [0, 0.05) is 37.6 Å². The van der Waals surface area contributed by atoms with Crippen molar-refractivity contribution < 1.29 is 4.74 Å². The van der Waals surface area contributed by atoms with Crippen LogP contribution in [0.25, 0.3) is 0 Å². The second-order valence-corrected chi connectivity index (χ2v) is 6.41. The van der Waals surface area contributed by atoms with Crippen molar-refractivity contribution in [2.45, 2.75) is 25.9 Å². The number of hydrogen-bond donors (Lipinski definition) is 2. The summed E-state index contributed by atoms with van der Waals surface area (Å²) in [5.74, 6) is 0.861. The molecule has 1 fully saturated rings. The molecule has 5 nitrogen and oxygen atoms in total. The number of thiophene rings is 1. The topological polar surface area (TPSA) is 48.9 Å². The largest absolute Gasteiger partial charge is 0.379 e. The molecule has 0 saturated carbocycles. The standard InChI is InChI=1S/C15H26N4OS/c1-12(2)18-15(16-3)17-11-13(14-5-4-10-21-14)19-6-8-20-9-7-19/h4-5,10,12-13H,6-9,11H2,1-3H3,(H2,16,17,18). The van der Waals surface area contributed by atoms with Gasteiger partial charge in [0.25, 0.3) is 0 Å². The summed E-state index contributed by atoms with van der Waals surface area (Å²) in [7, 11) is 1.81. The third-order valence-electron chi connectivity index (χ3n) is 3.47. The third kappa shape index (κ3) is 4.98. The summed E-state index contributed by atoms with van der Waals surface area (Å²) in [6, 6.07) is 5.08. The van der Waals surface area contributed by atoms with Crippen molar-refractivity contribution in [3.05, 3.63) is 22.4 Å². The van der Waals surface area contributed by atoms with E-state index in [0.717, 1.165) is 38.8 Å². The first kappa shape index (κ1) is 16.3. The fourth-order valence-electron chi connectivity index (χ4n) is 2.44. The molecule has 1 aliphatic heterocycles. The van der Waals surface area contributed by atoms with Crippen LogP contribution in [0.2, 0.25) is 0 Å². The molecular weight excluding hydrogens is 284 g/mol. The molecule has 6 heteroatoms. The lowest BCUT2D eigenvalue weighted by Gasteiger charge is -2.34. The molecule has 0 radical (unpaired) electrons. The summed E-state index contributed by atoms with van der Waals surface area (Å²) in [6.45, 7) is 8.70. The lowest BCUT2D eigenvalue weighted by molar-refractivity contribution is 0.0177. The average molecular weight is 310 g/mol. The maximum Gasteiger partial charge on any atom is 0.191 e. The Morgan fingerprint density at radius 2 is 2.19 bits per heavy atom. The predicted molar refractivity (Wildman–Crippen MR) is 89.1 cm³/mol. The molecule has 2 N–H and O–H groups in total. The van der Waals surface area contributed by atoms with Crippen LogP contribution in [0, 0.1) is 0 Å². The van der Waals surface area contributed by atoms with Crippen LogP contribution in [0.1, 0.15) is 24.8 Å². The maximum atomic E-state index is 5.47. The molecule has 21 heavy (non-hydrogen) atoms. The summed E-state index contributed by atoms with van der Waals surface area (Å²) >= 11 is 1.82. The number of rotatable bonds is 5. The fourth-order valence-corrected chi connectivity index (χ4v) is 3.30. The Bertz CT molecular complexity index is 427. The van der Waals surface area contributed by atoms with Gasteiger partial charge in [0.1, 0.15) is 0 Å². The van der Waals surface area contributed by atoms with Gasteiger partial charge in [-0.15, -0.1) is 11.3 Å². The minimum Gasteiger partial charge on any atom is -0.379 e. The van der Waals surface area contributed by atoms with E-state index in [1.54, 1.807) is 0 Å². The van der Waals surface area contributed by atoms with E-state index in [0.29, 0.717) is 12.1 Å². The van der Waals surface area contributed by atoms with Crippen molar-refractivity contribution in [1.82, 2.24) is 15.5 Å². The molecule has 0 bridgehead atoms. The maximum absolute atomic E-state index is 5.47. The normalized spacial score (nSPS) is 18.8. The van der Waals surface area contributed by atoms with Gasteiger partial charge < -0.3 is 15.4 Å². The van der Waals surface area contributed by atoms with E-state index in [1.165, 1.54) is 4.88 Å². The summed E-state index contributed by atoms with van der Waals surface area (Å²) in [5.41, 5.74) is 0. The highest BCUT2D eigenvalue weighted by Gasteiger charge is 2.23. The van der Waals surface area contributed by atoms with Crippen LogP contribution < -0.4 is 10.6 Å². The van der Waals surface area contributed by atoms with Crippen molar-refractivity contribution in [1.29, 1.82) is 0 Å². The number of morpholine rings is 1. The number of aliphatic imine (C=N–C) groups is 1. The Labute approximate surface area is 131 Å². The van der Waals surface area contributed by atoms with E-state index < -0.39 is 0 Å². The van der Waals surface area contributed by atoms with Crippen LogP contribution in [0.4, 0.5) is 0 Å². The highest BCUT2D eigenvalue weighted by atomic mass is 32.1. The Hall–Kier alpha value is -1.11. The Kier molecular flexibility index (Phi) is 6.48. The molecule has 2 heterocycles. The summed E-state index contributed by atoms with van der Waals surface area (Å²) < 4.78 is 5.47. The number of ether oxygens (including phenoxy) is 1. The quantitative estimate of drug-likeness (QED) is 0.642. The first-order valence-corrected chi connectivity index (χ1v) is 8.41. The molecule has 1 saturated heterocycles. The van der Waals surface area contributed by atoms with Gasteiger partial charge in [0.05, 0.1) is 19.3 Å². The minimum absolute atomic E-state index is 0.375. The fraction of sp³-hybridized carbons (Fsp3) is 0.667. The van der Waals surface area contributed by atoms with E-state index in [-0.39, 0.29) is 0 Å². The van der Waals surface area contributed by atoms with Crippen molar-refractivity contribution in [2.75, 3.05) is 39.9 Å². The van der Waals surface area contributed by atoms with E-state index in [4.69, 9.17) is 4.74 Å². The van der Waals surface area contributed by atoms with Crippen LogP contribution in [-0.2, 0) is 4.74 Å². The molecule has 1 aromatic heterocycles. The average Bonchev–Trinajstić information content (AvgIpc) is 3.01. The first-order valence-electron chi connectivity index (χ1n) is 7.53. The second-order valence-electron chi connectivity index (χ2n) is 5.43. The molecule has 1 aromatic rings. The highest BCUT2D eigenvalue weighted by molar-refractivity contribution is 7.10. The van der Waals surface area contributed by atoms with Crippen LogP contribution in [0.15, 0.2) is 22.5 Å². The molecule has 0 spiro atoms.